The maximum atomic E-state index is 11.3. The van der Waals surface area contributed by atoms with E-state index in [1.807, 2.05) is 13.0 Å². The van der Waals surface area contributed by atoms with Crippen molar-refractivity contribution in [2.45, 2.75) is 57.5 Å². The number of hydrogen-bond acceptors (Lipinski definition) is 5. The number of likely N-dealkylation sites (tertiary alicyclic amines) is 1. The standard InChI is InChI=1S/C20H31N3O3/c1-15-3-8-20(23(24)25)19(13-15)21-17-9-11-22(12-10-17)18-6-4-16(5-7-18)14-26-2/h3,8,13,16-18,21H,4-7,9-12,14H2,1-2H3/t16-,18+. The average molecular weight is 361 g/mol. The van der Waals surface area contributed by atoms with Crippen LogP contribution in [-0.4, -0.2) is 48.7 Å². The highest BCUT2D eigenvalue weighted by Crippen LogP contribution is 2.31. The van der Waals surface area contributed by atoms with Crippen molar-refractivity contribution in [1.29, 1.82) is 0 Å². The maximum absolute atomic E-state index is 11.3. The first-order chi connectivity index (χ1) is 12.6. The Kier molecular flexibility index (Phi) is 6.48. The van der Waals surface area contributed by atoms with Gasteiger partial charge in [0, 0.05) is 45.0 Å². The average Bonchev–Trinajstić information content (AvgIpc) is 2.63. The molecule has 1 aromatic carbocycles. The summed E-state index contributed by atoms with van der Waals surface area (Å²) >= 11 is 0. The van der Waals surface area contributed by atoms with Gasteiger partial charge >= 0.3 is 0 Å². The van der Waals surface area contributed by atoms with Crippen LogP contribution in [0.3, 0.4) is 0 Å². The Hall–Kier alpha value is -1.66. The molecule has 1 aliphatic carbocycles. The van der Waals surface area contributed by atoms with Crippen LogP contribution in [0.1, 0.15) is 44.1 Å². The van der Waals surface area contributed by atoms with E-state index in [2.05, 4.69) is 10.2 Å². The number of benzene rings is 1. The lowest BCUT2D eigenvalue weighted by Crippen LogP contribution is -2.46. The number of anilines is 1. The molecular formula is C20H31N3O3. The van der Waals surface area contributed by atoms with E-state index in [1.54, 1.807) is 19.2 Å². The van der Waals surface area contributed by atoms with Crippen LogP contribution in [0.2, 0.25) is 0 Å². The molecule has 1 aromatic rings. The summed E-state index contributed by atoms with van der Waals surface area (Å²) in [4.78, 5) is 13.6. The molecule has 2 aliphatic rings. The van der Waals surface area contributed by atoms with Gasteiger partial charge in [-0.15, -0.1) is 0 Å². The fourth-order valence-electron chi connectivity index (χ4n) is 4.47. The molecule has 1 heterocycles. The zero-order valence-electron chi connectivity index (χ0n) is 15.9. The molecule has 1 aliphatic heterocycles. The van der Waals surface area contributed by atoms with Gasteiger partial charge in [-0.25, -0.2) is 0 Å². The minimum Gasteiger partial charge on any atom is -0.384 e. The smallest absolute Gasteiger partial charge is 0.292 e. The molecule has 1 N–H and O–H groups in total. The molecule has 0 unspecified atom stereocenters. The van der Waals surface area contributed by atoms with Gasteiger partial charge in [0.25, 0.3) is 5.69 Å². The third kappa shape index (κ3) is 4.74. The summed E-state index contributed by atoms with van der Waals surface area (Å²) in [5.41, 5.74) is 1.88. The number of nitrogens with one attached hydrogen (secondary N) is 1. The van der Waals surface area contributed by atoms with Crippen LogP contribution in [-0.2, 0) is 4.74 Å². The van der Waals surface area contributed by atoms with Crippen molar-refractivity contribution in [3.8, 4) is 0 Å². The number of nitro benzene ring substituents is 1. The molecule has 0 atom stereocenters. The summed E-state index contributed by atoms with van der Waals surface area (Å²) in [6.45, 7) is 5.03. The Morgan fingerprint density at radius 3 is 2.50 bits per heavy atom. The Labute approximate surface area is 156 Å². The molecule has 6 nitrogen and oxygen atoms in total. The Morgan fingerprint density at radius 2 is 1.88 bits per heavy atom. The quantitative estimate of drug-likeness (QED) is 0.613. The van der Waals surface area contributed by atoms with Gasteiger partial charge < -0.3 is 15.0 Å². The summed E-state index contributed by atoms with van der Waals surface area (Å²) < 4.78 is 5.30. The largest absolute Gasteiger partial charge is 0.384 e. The van der Waals surface area contributed by atoms with Crippen LogP contribution in [0.4, 0.5) is 11.4 Å². The van der Waals surface area contributed by atoms with Gasteiger partial charge in [0.15, 0.2) is 0 Å². The zero-order valence-corrected chi connectivity index (χ0v) is 15.9. The fourth-order valence-corrected chi connectivity index (χ4v) is 4.47. The van der Waals surface area contributed by atoms with Crippen LogP contribution < -0.4 is 5.32 Å². The second-order valence-electron chi connectivity index (χ2n) is 7.86. The Balaban J connectivity index is 1.50. The van der Waals surface area contributed by atoms with E-state index in [0.29, 0.717) is 17.8 Å². The number of piperidine rings is 1. The van der Waals surface area contributed by atoms with Crippen molar-refractivity contribution >= 4 is 11.4 Å². The molecule has 0 bridgehead atoms. The maximum Gasteiger partial charge on any atom is 0.292 e. The number of aryl methyl sites for hydroxylation is 1. The molecule has 0 amide bonds. The monoisotopic (exact) mass is 361 g/mol. The second-order valence-corrected chi connectivity index (χ2v) is 7.86. The van der Waals surface area contributed by atoms with Crippen LogP contribution >= 0.6 is 0 Å². The number of hydrogen-bond donors (Lipinski definition) is 1. The molecule has 0 aromatic heterocycles. The number of rotatable bonds is 6. The van der Waals surface area contributed by atoms with Gasteiger partial charge in [-0.1, -0.05) is 6.07 Å². The van der Waals surface area contributed by atoms with E-state index in [0.717, 1.165) is 44.0 Å². The van der Waals surface area contributed by atoms with E-state index >= 15 is 0 Å². The van der Waals surface area contributed by atoms with Crippen molar-refractivity contribution in [2.75, 3.05) is 32.1 Å². The Morgan fingerprint density at radius 1 is 1.19 bits per heavy atom. The highest BCUT2D eigenvalue weighted by atomic mass is 16.6. The van der Waals surface area contributed by atoms with Crippen molar-refractivity contribution < 1.29 is 9.66 Å². The van der Waals surface area contributed by atoms with E-state index < -0.39 is 0 Å². The van der Waals surface area contributed by atoms with Gasteiger partial charge in [0.05, 0.1) is 4.92 Å². The summed E-state index contributed by atoms with van der Waals surface area (Å²) in [6.07, 6.45) is 7.18. The summed E-state index contributed by atoms with van der Waals surface area (Å²) in [7, 11) is 1.79. The molecule has 0 spiro atoms. The number of nitro groups is 1. The third-order valence-corrected chi connectivity index (χ3v) is 5.97. The van der Waals surface area contributed by atoms with E-state index in [9.17, 15) is 10.1 Å². The van der Waals surface area contributed by atoms with Gasteiger partial charge in [0.1, 0.15) is 5.69 Å². The number of nitrogens with zero attached hydrogens (tertiary/aromatic N) is 2. The van der Waals surface area contributed by atoms with Crippen molar-refractivity contribution in [3.63, 3.8) is 0 Å². The first-order valence-electron chi connectivity index (χ1n) is 9.81. The molecule has 0 radical (unpaired) electrons. The normalized spacial score (nSPS) is 25.2. The van der Waals surface area contributed by atoms with E-state index in [1.165, 1.54) is 25.7 Å². The summed E-state index contributed by atoms with van der Waals surface area (Å²) in [5.74, 6) is 0.734. The van der Waals surface area contributed by atoms with Crippen molar-refractivity contribution in [2.24, 2.45) is 5.92 Å². The molecule has 3 rings (SSSR count). The zero-order chi connectivity index (χ0) is 18.5. The second kappa shape index (κ2) is 8.82. The summed E-state index contributed by atoms with van der Waals surface area (Å²) in [5, 5.41) is 14.7. The number of ether oxygens (including phenoxy) is 1. The molecule has 26 heavy (non-hydrogen) atoms. The number of methoxy groups -OCH3 is 1. The van der Waals surface area contributed by atoms with Crippen LogP contribution in [0.5, 0.6) is 0 Å². The SMILES string of the molecule is COC[C@H]1CC[C@@H](N2CCC(Nc3cc(C)ccc3[N+](=O)[O-])CC2)CC1. The van der Waals surface area contributed by atoms with E-state index in [-0.39, 0.29) is 10.6 Å². The van der Waals surface area contributed by atoms with Crippen LogP contribution in [0, 0.1) is 23.0 Å². The van der Waals surface area contributed by atoms with Gasteiger partial charge in [-0.3, -0.25) is 10.1 Å². The summed E-state index contributed by atoms with van der Waals surface area (Å²) in [6, 6.07) is 6.31. The third-order valence-electron chi connectivity index (χ3n) is 5.97. The van der Waals surface area contributed by atoms with Crippen LogP contribution in [0.15, 0.2) is 18.2 Å². The predicted octanol–water partition coefficient (Wildman–Crippen LogP) is 3.98. The van der Waals surface area contributed by atoms with Gasteiger partial charge in [-0.2, -0.15) is 0 Å². The first kappa shape index (κ1) is 19.1. The molecular weight excluding hydrogens is 330 g/mol. The van der Waals surface area contributed by atoms with E-state index in [4.69, 9.17) is 4.74 Å². The molecule has 2 fully saturated rings. The van der Waals surface area contributed by atoms with Crippen molar-refractivity contribution in [1.82, 2.24) is 4.90 Å². The lowest BCUT2D eigenvalue weighted by molar-refractivity contribution is -0.384. The fraction of sp³-hybridized carbons (Fsp3) is 0.700. The first-order valence-corrected chi connectivity index (χ1v) is 9.81. The topological polar surface area (TPSA) is 67.6 Å². The lowest BCUT2D eigenvalue weighted by Gasteiger charge is -2.41. The Bertz CT molecular complexity index is 606. The van der Waals surface area contributed by atoms with Gasteiger partial charge in [0.2, 0.25) is 0 Å². The van der Waals surface area contributed by atoms with Crippen molar-refractivity contribution in [3.05, 3.63) is 33.9 Å². The highest BCUT2D eigenvalue weighted by Gasteiger charge is 2.29. The van der Waals surface area contributed by atoms with Gasteiger partial charge in [-0.05, 0) is 63.0 Å². The molecule has 6 heteroatoms. The van der Waals surface area contributed by atoms with Crippen LogP contribution in [0.25, 0.3) is 0 Å². The highest BCUT2D eigenvalue weighted by molar-refractivity contribution is 5.63. The minimum atomic E-state index is -0.296. The lowest BCUT2D eigenvalue weighted by atomic mass is 9.85. The predicted molar refractivity (Wildman–Crippen MR) is 104 cm³/mol. The molecule has 1 saturated heterocycles. The molecule has 1 saturated carbocycles. The molecule has 144 valence electrons. The minimum absolute atomic E-state index is 0.175.